The molecule has 0 spiro atoms. The molecule has 0 atom stereocenters. The first-order valence-electron chi connectivity index (χ1n) is 3.89. The highest BCUT2D eigenvalue weighted by molar-refractivity contribution is 5.79. The van der Waals surface area contributed by atoms with Gasteiger partial charge in [0, 0.05) is 19.0 Å². The van der Waals surface area contributed by atoms with Crippen LogP contribution in [-0.4, -0.2) is 30.8 Å². The molecule has 2 heteroatoms. The predicted molar refractivity (Wildman–Crippen MR) is 43.0 cm³/mol. The molecule has 0 saturated carbocycles. The standard InChI is InChI=1S/C6H11NO.C2H6/c1-5(8)6-3-7(2)4-6;1-2/h6H,3-4H2,1-2H3;1-2H3. The monoisotopic (exact) mass is 143 g/mol. The molecule has 1 aliphatic rings. The van der Waals surface area contributed by atoms with Gasteiger partial charge in [0.25, 0.3) is 0 Å². The molecule has 60 valence electrons. The maximum Gasteiger partial charge on any atom is 0.135 e. The Kier molecular flexibility index (Phi) is 4.28. The Morgan fingerprint density at radius 2 is 1.80 bits per heavy atom. The summed E-state index contributed by atoms with van der Waals surface area (Å²) < 4.78 is 0. The lowest BCUT2D eigenvalue weighted by Crippen LogP contribution is -2.46. The average molecular weight is 143 g/mol. The number of hydrogen-bond acceptors (Lipinski definition) is 2. The molecule has 10 heavy (non-hydrogen) atoms. The Bertz CT molecular complexity index is 106. The topological polar surface area (TPSA) is 20.3 Å². The second-order valence-corrected chi connectivity index (χ2v) is 2.53. The van der Waals surface area contributed by atoms with E-state index < -0.39 is 0 Å². The molecule has 1 rings (SSSR count). The van der Waals surface area contributed by atoms with Crippen LogP contribution in [-0.2, 0) is 4.79 Å². The third-order valence-corrected chi connectivity index (χ3v) is 1.64. The molecule has 2 nitrogen and oxygen atoms in total. The van der Waals surface area contributed by atoms with E-state index in [9.17, 15) is 4.79 Å². The van der Waals surface area contributed by atoms with Crippen molar-refractivity contribution in [3.63, 3.8) is 0 Å². The van der Waals surface area contributed by atoms with Gasteiger partial charge in [-0.1, -0.05) is 13.8 Å². The number of hydrogen-bond donors (Lipinski definition) is 0. The van der Waals surface area contributed by atoms with Gasteiger partial charge >= 0.3 is 0 Å². The number of nitrogens with zero attached hydrogens (tertiary/aromatic N) is 1. The number of carbonyl (C=O) groups is 1. The van der Waals surface area contributed by atoms with Crippen molar-refractivity contribution in [1.29, 1.82) is 0 Å². The van der Waals surface area contributed by atoms with Crippen LogP contribution in [0.15, 0.2) is 0 Å². The zero-order valence-corrected chi connectivity index (χ0v) is 7.35. The van der Waals surface area contributed by atoms with Crippen molar-refractivity contribution in [3.8, 4) is 0 Å². The highest BCUT2D eigenvalue weighted by atomic mass is 16.1. The largest absolute Gasteiger partial charge is 0.305 e. The molecule has 0 aromatic carbocycles. The fraction of sp³-hybridized carbons (Fsp3) is 0.875. The van der Waals surface area contributed by atoms with Crippen molar-refractivity contribution in [2.24, 2.45) is 5.92 Å². The lowest BCUT2D eigenvalue weighted by molar-refractivity contribution is -0.125. The fourth-order valence-electron chi connectivity index (χ4n) is 0.956. The van der Waals surface area contributed by atoms with Gasteiger partial charge in [-0.25, -0.2) is 0 Å². The van der Waals surface area contributed by atoms with Crippen LogP contribution < -0.4 is 0 Å². The number of rotatable bonds is 1. The first-order valence-corrected chi connectivity index (χ1v) is 3.89. The smallest absolute Gasteiger partial charge is 0.135 e. The summed E-state index contributed by atoms with van der Waals surface area (Å²) in [6, 6.07) is 0. The SMILES string of the molecule is CC.CC(=O)C1CN(C)C1. The molecule has 0 aromatic heterocycles. The second kappa shape index (κ2) is 4.45. The average Bonchev–Trinajstić information content (AvgIpc) is 1.86. The molecule has 0 radical (unpaired) electrons. The van der Waals surface area contributed by atoms with Crippen LogP contribution in [0.25, 0.3) is 0 Å². The fourth-order valence-corrected chi connectivity index (χ4v) is 0.956. The van der Waals surface area contributed by atoms with Crippen molar-refractivity contribution in [3.05, 3.63) is 0 Å². The van der Waals surface area contributed by atoms with Gasteiger partial charge in [-0.05, 0) is 14.0 Å². The van der Waals surface area contributed by atoms with Gasteiger partial charge in [-0.3, -0.25) is 4.79 Å². The van der Waals surface area contributed by atoms with Gasteiger partial charge < -0.3 is 4.90 Å². The summed E-state index contributed by atoms with van der Waals surface area (Å²) >= 11 is 0. The van der Waals surface area contributed by atoms with Crippen LogP contribution in [0.3, 0.4) is 0 Å². The Hall–Kier alpha value is -0.370. The Balaban J connectivity index is 0.000000371. The van der Waals surface area contributed by atoms with Crippen LogP contribution in [0.4, 0.5) is 0 Å². The lowest BCUT2D eigenvalue weighted by atomic mass is 9.97. The maximum atomic E-state index is 10.5. The molecular formula is C8H17NO. The first-order chi connectivity index (χ1) is 4.70. The van der Waals surface area contributed by atoms with Crippen molar-refractivity contribution in [2.45, 2.75) is 20.8 Å². The summed E-state index contributed by atoms with van der Waals surface area (Å²) in [4.78, 5) is 12.7. The summed E-state index contributed by atoms with van der Waals surface area (Å²) in [5, 5.41) is 0. The Morgan fingerprint density at radius 3 is 1.90 bits per heavy atom. The van der Waals surface area contributed by atoms with E-state index in [2.05, 4.69) is 4.90 Å². The van der Waals surface area contributed by atoms with Gasteiger partial charge in [0.2, 0.25) is 0 Å². The number of carbonyl (C=O) groups excluding carboxylic acids is 1. The summed E-state index contributed by atoms with van der Waals surface area (Å²) in [7, 11) is 2.03. The van der Waals surface area contributed by atoms with Gasteiger partial charge in [-0.2, -0.15) is 0 Å². The van der Waals surface area contributed by atoms with Gasteiger partial charge in [0.15, 0.2) is 0 Å². The molecule has 1 fully saturated rings. The van der Waals surface area contributed by atoms with Crippen LogP contribution in [0.2, 0.25) is 0 Å². The van der Waals surface area contributed by atoms with E-state index in [1.165, 1.54) is 0 Å². The van der Waals surface area contributed by atoms with Gasteiger partial charge in [0.05, 0.1) is 0 Å². The molecule has 1 aliphatic heterocycles. The molecule has 0 amide bonds. The van der Waals surface area contributed by atoms with E-state index >= 15 is 0 Å². The molecule has 0 aromatic rings. The van der Waals surface area contributed by atoms with E-state index in [4.69, 9.17) is 0 Å². The van der Waals surface area contributed by atoms with Crippen LogP contribution in [0.1, 0.15) is 20.8 Å². The van der Waals surface area contributed by atoms with Crippen molar-refractivity contribution in [1.82, 2.24) is 4.90 Å². The normalized spacial score (nSPS) is 18.8. The van der Waals surface area contributed by atoms with Gasteiger partial charge in [0.1, 0.15) is 5.78 Å². The maximum absolute atomic E-state index is 10.5. The molecule has 1 heterocycles. The predicted octanol–water partition coefficient (Wildman–Crippen LogP) is 1.16. The van der Waals surface area contributed by atoms with Crippen molar-refractivity contribution < 1.29 is 4.79 Å². The highest BCUT2D eigenvalue weighted by Crippen LogP contribution is 2.12. The quantitative estimate of drug-likeness (QED) is 0.549. The summed E-state index contributed by atoms with van der Waals surface area (Å²) in [5.41, 5.74) is 0. The van der Waals surface area contributed by atoms with E-state index in [0.717, 1.165) is 13.1 Å². The summed E-state index contributed by atoms with van der Waals surface area (Å²) in [5.74, 6) is 0.683. The van der Waals surface area contributed by atoms with Crippen LogP contribution in [0.5, 0.6) is 0 Å². The van der Waals surface area contributed by atoms with E-state index in [-0.39, 0.29) is 0 Å². The van der Waals surface area contributed by atoms with E-state index in [1.807, 2.05) is 20.9 Å². The molecule has 0 N–H and O–H groups in total. The van der Waals surface area contributed by atoms with E-state index in [1.54, 1.807) is 6.92 Å². The zero-order chi connectivity index (χ0) is 8.15. The van der Waals surface area contributed by atoms with Crippen molar-refractivity contribution >= 4 is 5.78 Å². The third kappa shape index (κ3) is 2.48. The summed E-state index contributed by atoms with van der Waals surface area (Å²) in [6.45, 7) is 7.60. The Labute approximate surface area is 63.2 Å². The van der Waals surface area contributed by atoms with E-state index in [0.29, 0.717) is 11.7 Å². The highest BCUT2D eigenvalue weighted by Gasteiger charge is 2.26. The minimum absolute atomic E-state index is 0.336. The molecule has 0 bridgehead atoms. The van der Waals surface area contributed by atoms with Gasteiger partial charge in [-0.15, -0.1) is 0 Å². The summed E-state index contributed by atoms with van der Waals surface area (Å²) in [6.07, 6.45) is 0. The zero-order valence-electron chi connectivity index (χ0n) is 7.35. The first kappa shape index (κ1) is 9.63. The minimum Gasteiger partial charge on any atom is -0.305 e. The molecule has 0 unspecified atom stereocenters. The molecular weight excluding hydrogens is 126 g/mol. The lowest BCUT2D eigenvalue weighted by Gasteiger charge is -2.34. The van der Waals surface area contributed by atoms with Crippen LogP contribution >= 0.6 is 0 Å². The third-order valence-electron chi connectivity index (χ3n) is 1.64. The number of ketones is 1. The molecule has 0 aliphatic carbocycles. The number of likely N-dealkylation sites (tertiary alicyclic amines) is 1. The minimum atomic E-state index is 0.336. The van der Waals surface area contributed by atoms with Crippen molar-refractivity contribution in [2.75, 3.05) is 20.1 Å². The number of Topliss-reactive ketones (excluding diaryl/α,β-unsaturated/α-hetero) is 1. The van der Waals surface area contributed by atoms with Crippen LogP contribution in [0, 0.1) is 5.92 Å². The Morgan fingerprint density at radius 1 is 1.40 bits per heavy atom. The second-order valence-electron chi connectivity index (χ2n) is 2.53. The molecule has 1 saturated heterocycles.